The average Bonchev–Trinajstić information content (AvgIpc) is 3.36. The smallest absolute Gasteiger partial charge is 0.319 e. The van der Waals surface area contributed by atoms with Gasteiger partial charge in [-0.3, -0.25) is 9.69 Å². The van der Waals surface area contributed by atoms with Gasteiger partial charge in [-0.15, -0.1) is 0 Å². The first-order valence-electron chi connectivity index (χ1n) is 13.2. The van der Waals surface area contributed by atoms with Crippen LogP contribution in [0.25, 0.3) is 0 Å². The van der Waals surface area contributed by atoms with Gasteiger partial charge in [0.2, 0.25) is 0 Å². The molecule has 8 heteroatoms. The molecule has 3 rings (SSSR count). The molecule has 1 aromatic rings. The Hall–Kier alpha value is -2.32. The van der Waals surface area contributed by atoms with E-state index in [4.69, 9.17) is 9.47 Å². The van der Waals surface area contributed by atoms with Crippen LogP contribution in [0, 0.1) is 11.8 Å². The fourth-order valence-electron chi connectivity index (χ4n) is 5.12. The number of benzene rings is 1. The molecule has 0 bridgehead atoms. The maximum absolute atomic E-state index is 13.4. The monoisotopic (exact) mass is 488 g/mol. The fourth-order valence-corrected chi connectivity index (χ4v) is 5.12. The summed E-state index contributed by atoms with van der Waals surface area (Å²) in [5.74, 6) is 1.37. The lowest BCUT2D eigenvalue weighted by atomic mass is 9.99. The van der Waals surface area contributed by atoms with E-state index in [1.165, 1.54) is 25.7 Å². The molecule has 0 unspecified atom stereocenters. The van der Waals surface area contributed by atoms with Gasteiger partial charge < -0.3 is 25.0 Å². The van der Waals surface area contributed by atoms with Gasteiger partial charge in [0.15, 0.2) is 0 Å². The molecule has 0 radical (unpaired) electrons. The van der Waals surface area contributed by atoms with Crippen LogP contribution in [0.15, 0.2) is 18.2 Å². The molecule has 1 aliphatic carbocycles. The summed E-state index contributed by atoms with van der Waals surface area (Å²) in [7, 11) is 3.54. The van der Waals surface area contributed by atoms with E-state index in [9.17, 15) is 9.59 Å². The minimum Gasteiger partial charge on any atom is -0.491 e. The number of ether oxygens (including phenoxy) is 2. The van der Waals surface area contributed by atoms with Crippen LogP contribution in [0.5, 0.6) is 5.75 Å². The van der Waals surface area contributed by atoms with Crippen molar-refractivity contribution in [2.75, 3.05) is 52.3 Å². The third-order valence-electron chi connectivity index (χ3n) is 7.34. The number of nitrogens with one attached hydrogen (secondary N) is 2. The minimum absolute atomic E-state index is 0.0609. The molecule has 0 saturated heterocycles. The van der Waals surface area contributed by atoms with Gasteiger partial charge in [-0.2, -0.15) is 0 Å². The number of hydrogen-bond acceptors (Lipinski definition) is 5. The zero-order valence-electron chi connectivity index (χ0n) is 22.1. The van der Waals surface area contributed by atoms with E-state index < -0.39 is 0 Å². The van der Waals surface area contributed by atoms with Crippen molar-refractivity contribution >= 4 is 17.6 Å². The number of carbonyl (C=O) groups excluding carboxylic acids is 2. The molecular weight excluding hydrogens is 444 g/mol. The number of carbonyl (C=O) groups is 2. The molecule has 0 aromatic heterocycles. The van der Waals surface area contributed by atoms with E-state index in [0.29, 0.717) is 36.7 Å². The SMILES string of the molecule is CCCNC(=O)Nc1ccc2c(c1)OC[C@H](C)N(CC1CCCC1)C[C@H](C)[C@H](OC)CN(C)C2=O. The van der Waals surface area contributed by atoms with Crippen molar-refractivity contribution in [2.45, 2.75) is 65.0 Å². The summed E-state index contributed by atoms with van der Waals surface area (Å²) >= 11 is 0. The summed E-state index contributed by atoms with van der Waals surface area (Å²) in [5, 5.41) is 5.65. The highest BCUT2D eigenvalue weighted by atomic mass is 16.5. The number of rotatable bonds is 6. The first-order chi connectivity index (χ1) is 16.8. The van der Waals surface area contributed by atoms with Crippen molar-refractivity contribution in [3.63, 3.8) is 0 Å². The molecule has 3 atom stereocenters. The van der Waals surface area contributed by atoms with E-state index in [1.54, 1.807) is 37.3 Å². The summed E-state index contributed by atoms with van der Waals surface area (Å²) in [6, 6.07) is 5.15. The number of amides is 3. The Kier molecular flexibility index (Phi) is 10.2. The van der Waals surface area contributed by atoms with Crippen LogP contribution in [0.3, 0.4) is 0 Å². The molecule has 1 saturated carbocycles. The predicted octanol–water partition coefficient (Wildman–Crippen LogP) is 4.21. The summed E-state index contributed by atoms with van der Waals surface area (Å²) < 4.78 is 12.1. The van der Waals surface area contributed by atoms with Crippen molar-refractivity contribution < 1.29 is 19.1 Å². The standard InChI is InChI=1S/C27H44N4O4/c1-6-13-28-27(33)29-22-11-12-23-24(14-22)35-18-20(3)31(16-21-9-7-8-10-21)15-19(2)25(34-5)17-30(4)26(23)32/h11-12,14,19-21,25H,6-10,13,15-18H2,1-5H3,(H2,28,29,33)/t19-,20-,25+/m0/s1. The fraction of sp³-hybridized carbons (Fsp3) is 0.704. The molecular formula is C27H44N4O4. The first-order valence-corrected chi connectivity index (χ1v) is 13.2. The van der Waals surface area contributed by atoms with Gasteiger partial charge >= 0.3 is 6.03 Å². The van der Waals surface area contributed by atoms with Crippen molar-refractivity contribution in [3.05, 3.63) is 23.8 Å². The zero-order chi connectivity index (χ0) is 25.4. The second-order valence-electron chi connectivity index (χ2n) is 10.3. The first kappa shape index (κ1) is 27.3. The molecule has 0 spiro atoms. The lowest BCUT2D eigenvalue weighted by molar-refractivity contribution is 0.00814. The van der Waals surface area contributed by atoms with Crippen molar-refractivity contribution in [3.8, 4) is 5.75 Å². The number of hydrogen-bond donors (Lipinski definition) is 2. The topological polar surface area (TPSA) is 83.1 Å². The van der Waals surface area contributed by atoms with Gasteiger partial charge in [0.05, 0.1) is 11.7 Å². The van der Waals surface area contributed by atoms with Crippen molar-refractivity contribution in [2.24, 2.45) is 11.8 Å². The van der Waals surface area contributed by atoms with Crippen LogP contribution in [0.1, 0.15) is 63.2 Å². The molecule has 3 amide bonds. The van der Waals surface area contributed by atoms with Gasteiger partial charge in [0.25, 0.3) is 5.91 Å². The van der Waals surface area contributed by atoms with E-state index in [0.717, 1.165) is 25.4 Å². The molecule has 1 aliphatic heterocycles. The van der Waals surface area contributed by atoms with Gasteiger partial charge in [0.1, 0.15) is 12.4 Å². The Labute approximate surface area is 210 Å². The lowest BCUT2D eigenvalue weighted by Gasteiger charge is -2.37. The van der Waals surface area contributed by atoms with Crippen LogP contribution in [0.2, 0.25) is 0 Å². The van der Waals surface area contributed by atoms with Crippen molar-refractivity contribution in [1.29, 1.82) is 0 Å². The lowest BCUT2D eigenvalue weighted by Crippen LogP contribution is -2.47. The number of fused-ring (bicyclic) bond motifs is 1. The molecule has 1 aromatic carbocycles. The van der Waals surface area contributed by atoms with E-state index in [2.05, 4.69) is 29.4 Å². The van der Waals surface area contributed by atoms with Crippen molar-refractivity contribution in [1.82, 2.24) is 15.1 Å². The average molecular weight is 489 g/mol. The second kappa shape index (κ2) is 13.1. The number of likely N-dealkylation sites (N-methyl/N-ethyl adjacent to an activating group) is 1. The zero-order valence-corrected chi connectivity index (χ0v) is 22.1. The Morgan fingerprint density at radius 3 is 2.63 bits per heavy atom. The van der Waals surface area contributed by atoms with Crippen LogP contribution in [0.4, 0.5) is 10.5 Å². The minimum atomic E-state index is -0.267. The largest absolute Gasteiger partial charge is 0.491 e. The molecule has 2 aliphatic rings. The summed E-state index contributed by atoms with van der Waals surface area (Å²) in [4.78, 5) is 29.8. The van der Waals surface area contributed by atoms with E-state index in [-0.39, 0.29) is 30.0 Å². The maximum atomic E-state index is 13.4. The van der Waals surface area contributed by atoms with E-state index in [1.807, 2.05) is 6.92 Å². The number of methoxy groups -OCH3 is 1. The predicted molar refractivity (Wildman–Crippen MR) is 139 cm³/mol. The number of urea groups is 1. The van der Waals surface area contributed by atoms with Crippen LogP contribution in [-0.2, 0) is 4.74 Å². The molecule has 2 N–H and O–H groups in total. The number of nitrogens with zero attached hydrogens (tertiary/aromatic N) is 2. The number of anilines is 1. The molecule has 1 fully saturated rings. The van der Waals surface area contributed by atoms with Crippen LogP contribution >= 0.6 is 0 Å². The second-order valence-corrected chi connectivity index (χ2v) is 10.3. The Morgan fingerprint density at radius 2 is 1.94 bits per heavy atom. The van der Waals surface area contributed by atoms with Crippen LogP contribution < -0.4 is 15.4 Å². The Bertz CT molecular complexity index is 842. The molecule has 196 valence electrons. The summed E-state index contributed by atoms with van der Waals surface area (Å²) in [5.41, 5.74) is 1.09. The van der Waals surface area contributed by atoms with Gasteiger partial charge in [0, 0.05) is 58.1 Å². The molecule has 1 heterocycles. The van der Waals surface area contributed by atoms with Gasteiger partial charge in [-0.05, 0) is 50.2 Å². The third-order valence-corrected chi connectivity index (χ3v) is 7.34. The van der Waals surface area contributed by atoms with Gasteiger partial charge in [-0.25, -0.2) is 4.79 Å². The Balaban J connectivity index is 1.86. The highest BCUT2D eigenvalue weighted by Gasteiger charge is 2.30. The van der Waals surface area contributed by atoms with Gasteiger partial charge in [-0.1, -0.05) is 26.7 Å². The molecule has 8 nitrogen and oxygen atoms in total. The summed E-state index contributed by atoms with van der Waals surface area (Å²) in [6.07, 6.45) is 6.03. The quantitative estimate of drug-likeness (QED) is 0.627. The normalized spacial score (nSPS) is 24.8. The van der Waals surface area contributed by atoms with Crippen LogP contribution in [-0.4, -0.2) is 80.8 Å². The highest BCUT2D eigenvalue weighted by molar-refractivity contribution is 5.98. The van der Waals surface area contributed by atoms with E-state index >= 15 is 0 Å². The molecule has 35 heavy (non-hydrogen) atoms. The maximum Gasteiger partial charge on any atom is 0.319 e. The summed E-state index contributed by atoms with van der Waals surface area (Å²) in [6.45, 7) is 9.94. The highest BCUT2D eigenvalue weighted by Crippen LogP contribution is 2.29. The Morgan fingerprint density at radius 1 is 1.20 bits per heavy atom. The third kappa shape index (κ3) is 7.58.